The Morgan fingerprint density at radius 2 is 1.73 bits per heavy atom. The molecule has 2 aliphatic rings. The van der Waals surface area contributed by atoms with E-state index in [0.717, 1.165) is 12.8 Å². The Morgan fingerprint density at radius 3 is 2.13 bits per heavy atom. The molecule has 2 fully saturated rings. The topological polar surface area (TPSA) is 82.1 Å². The second kappa shape index (κ2) is 5.22. The minimum Gasteiger partial charge on any atom is -0.286 e. The minimum absolute atomic E-state index is 0.0712. The van der Waals surface area contributed by atoms with Crippen LogP contribution in [0.2, 0.25) is 0 Å². The van der Waals surface area contributed by atoms with E-state index in [-0.39, 0.29) is 5.60 Å². The summed E-state index contributed by atoms with van der Waals surface area (Å²) in [7, 11) is -3.67. The van der Waals surface area contributed by atoms with Crippen LogP contribution in [0, 0.1) is 0 Å². The summed E-state index contributed by atoms with van der Waals surface area (Å²) >= 11 is 0. The van der Waals surface area contributed by atoms with Crippen molar-refractivity contribution in [2.24, 2.45) is 0 Å². The number of hydrogen-bond acceptors (Lipinski definition) is 5. The molecule has 7 heteroatoms. The first-order valence-corrected chi connectivity index (χ1v) is 6.66. The van der Waals surface area contributed by atoms with E-state index in [9.17, 15) is 8.42 Å². The van der Waals surface area contributed by atoms with Crippen LogP contribution in [0.4, 0.5) is 0 Å². The molecule has 0 aromatic rings. The molecule has 0 aromatic carbocycles. The first-order chi connectivity index (χ1) is 6.91. The van der Waals surface area contributed by atoms with E-state index in [2.05, 4.69) is 5.04 Å². The molecule has 1 saturated carbocycles. The Balaban J connectivity index is 0.000000195. The fraction of sp³-hybridized carbons (Fsp3) is 1.00. The van der Waals surface area contributed by atoms with Gasteiger partial charge in [-0.15, -0.1) is 0 Å². The third-order valence-corrected chi connectivity index (χ3v) is 2.35. The van der Waals surface area contributed by atoms with E-state index in [1.54, 1.807) is 0 Å². The van der Waals surface area contributed by atoms with Crippen molar-refractivity contribution in [3.8, 4) is 0 Å². The molecular weight excluding hydrogens is 224 g/mol. The lowest BCUT2D eigenvalue weighted by molar-refractivity contribution is -0.471. The second-order valence-corrected chi connectivity index (χ2v) is 5.36. The van der Waals surface area contributed by atoms with Gasteiger partial charge in [0.05, 0.1) is 6.26 Å². The molecule has 1 spiro atoms. The van der Waals surface area contributed by atoms with Gasteiger partial charge < -0.3 is 0 Å². The van der Waals surface area contributed by atoms with Crippen molar-refractivity contribution in [3.05, 3.63) is 0 Å². The summed E-state index contributed by atoms with van der Waals surface area (Å²) in [6.07, 6.45) is 6.71. The van der Waals surface area contributed by atoms with Crippen LogP contribution in [0.25, 0.3) is 0 Å². The normalized spacial score (nSPS) is 24.7. The van der Waals surface area contributed by atoms with Crippen molar-refractivity contribution in [1.29, 1.82) is 0 Å². The quantitative estimate of drug-likeness (QED) is 0.504. The number of rotatable bonds is 0. The van der Waals surface area contributed by atoms with Gasteiger partial charge in [-0.25, -0.2) is 4.89 Å². The fourth-order valence-electron chi connectivity index (χ4n) is 1.68. The Bertz CT molecular complexity index is 264. The predicted octanol–water partition coefficient (Wildman–Crippen LogP) is 1.09. The van der Waals surface area contributed by atoms with Crippen molar-refractivity contribution in [2.75, 3.05) is 12.9 Å². The molecule has 2 rings (SSSR count). The second-order valence-electron chi connectivity index (χ2n) is 3.89. The smallest absolute Gasteiger partial charge is 0.261 e. The molecule has 1 aliphatic carbocycles. The van der Waals surface area contributed by atoms with Gasteiger partial charge in [-0.05, 0) is 12.8 Å². The van der Waals surface area contributed by atoms with Gasteiger partial charge in [0, 0.05) is 0 Å². The summed E-state index contributed by atoms with van der Waals surface area (Å²) < 4.78 is 25.9. The van der Waals surface area contributed by atoms with E-state index >= 15 is 0 Å². The van der Waals surface area contributed by atoms with Gasteiger partial charge >= 0.3 is 0 Å². The maximum atomic E-state index is 9.19. The molecule has 1 N–H and O–H groups in total. The molecule has 0 radical (unpaired) electrons. The van der Waals surface area contributed by atoms with Crippen molar-refractivity contribution in [3.63, 3.8) is 0 Å². The molecule has 90 valence electrons. The SMILES string of the molecule is C1CCC2(CC1)COOO2.CS(=O)(=O)O. The molecule has 0 atom stereocenters. The molecule has 15 heavy (non-hydrogen) atoms. The van der Waals surface area contributed by atoms with E-state index in [0.29, 0.717) is 12.9 Å². The fourth-order valence-corrected chi connectivity index (χ4v) is 1.68. The molecule has 0 bridgehead atoms. The summed E-state index contributed by atoms with van der Waals surface area (Å²) in [5.74, 6) is 0. The van der Waals surface area contributed by atoms with E-state index in [1.165, 1.54) is 19.3 Å². The van der Waals surface area contributed by atoms with Crippen molar-refractivity contribution < 1.29 is 27.8 Å². The van der Waals surface area contributed by atoms with Crippen LogP contribution in [0.5, 0.6) is 0 Å². The Morgan fingerprint density at radius 1 is 1.20 bits per heavy atom. The van der Waals surface area contributed by atoms with Gasteiger partial charge in [0.25, 0.3) is 10.1 Å². The first kappa shape index (κ1) is 12.9. The highest BCUT2D eigenvalue weighted by atomic mass is 32.2. The average Bonchev–Trinajstić information content (AvgIpc) is 2.52. The van der Waals surface area contributed by atoms with Crippen LogP contribution in [0.3, 0.4) is 0 Å². The standard InChI is InChI=1S/C7H12O3.CH4O3S/c1-2-4-7(5-3-1)6-8-10-9-7;1-5(2,3)4/h1-6H2;1H3,(H,2,3,4). The Kier molecular flexibility index (Phi) is 4.47. The highest BCUT2D eigenvalue weighted by molar-refractivity contribution is 7.85. The summed E-state index contributed by atoms with van der Waals surface area (Å²) in [5, 5.41) is 4.44. The number of hydrogen-bond donors (Lipinski definition) is 1. The lowest BCUT2D eigenvalue weighted by Crippen LogP contribution is -2.33. The Labute approximate surface area is 89.1 Å². The van der Waals surface area contributed by atoms with E-state index in [4.69, 9.17) is 14.3 Å². The van der Waals surface area contributed by atoms with Gasteiger partial charge in [-0.1, -0.05) is 24.3 Å². The molecule has 0 amide bonds. The molecule has 6 nitrogen and oxygen atoms in total. The van der Waals surface area contributed by atoms with Crippen LogP contribution >= 0.6 is 0 Å². The zero-order chi connectivity index (χ0) is 11.4. The predicted molar refractivity (Wildman–Crippen MR) is 51.4 cm³/mol. The van der Waals surface area contributed by atoms with Gasteiger partial charge in [-0.3, -0.25) is 4.55 Å². The molecular formula is C8H16O6S. The lowest BCUT2D eigenvalue weighted by atomic mass is 9.86. The first-order valence-electron chi connectivity index (χ1n) is 4.81. The Hall–Kier alpha value is -0.210. The minimum atomic E-state index is -3.67. The van der Waals surface area contributed by atoms with Gasteiger partial charge in [0.2, 0.25) is 0 Å². The summed E-state index contributed by atoms with van der Waals surface area (Å²) in [6, 6.07) is 0. The van der Waals surface area contributed by atoms with Crippen LogP contribution in [0.15, 0.2) is 0 Å². The third-order valence-electron chi connectivity index (χ3n) is 2.35. The zero-order valence-electron chi connectivity index (χ0n) is 8.64. The molecule has 0 aromatic heterocycles. The maximum Gasteiger partial charge on any atom is 0.261 e. The van der Waals surface area contributed by atoms with Crippen LogP contribution in [-0.2, 0) is 24.9 Å². The maximum absolute atomic E-state index is 9.19. The molecule has 0 unspecified atom stereocenters. The third kappa shape index (κ3) is 5.43. The van der Waals surface area contributed by atoms with E-state index in [1.807, 2.05) is 0 Å². The summed E-state index contributed by atoms with van der Waals surface area (Å²) in [6.45, 7) is 0.618. The average molecular weight is 240 g/mol. The van der Waals surface area contributed by atoms with Crippen LogP contribution in [-0.4, -0.2) is 31.4 Å². The monoisotopic (exact) mass is 240 g/mol. The van der Waals surface area contributed by atoms with Crippen LogP contribution < -0.4 is 0 Å². The van der Waals surface area contributed by atoms with Crippen LogP contribution in [0.1, 0.15) is 32.1 Å². The van der Waals surface area contributed by atoms with Crippen molar-refractivity contribution in [2.45, 2.75) is 37.7 Å². The van der Waals surface area contributed by atoms with Crippen molar-refractivity contribution >= 4 is 10.1 Å². The van der Waals surface area contributed by atoms with E-state index < -0.39 is 10.1 Å². The summed E-state index contributed by atoms with van der Waals surface area (Å²) in [4.78, 5) is 9.77. The highest BCUT2D eigenvalue weighted by Gasteiger charge is 2.39. The molecule has 1 saturated heterocycles. The molecule has 1 aliphatic heterocycles. The lowest BCUT2D eigenvalue weighted by Gasteiger charge is -2.27. The highest BCUT2D eigenvalue weighted by Crippen LogP contribution is 2.35. The zero-order valence-corrected chi connectivity index (χ0v) is 9.46. The van der Waals surface area contributed by atoms with Gasteiger partial charge in [0.1, 0.15) is 12.2 Å². The van der Waals surface area contributed by atoms with Gasteiger partial charge in [-0.2, -0.15) is 13.3 Å². The van der Waals surface area contributed by atoms with Gasteiger partial charge in [0.15, 0.2) is 0 Å². The van der Waals surface area contributed by atoms with Crippen molar-refractivity contribution in [1.82, 2.24) is 0 Å². The largest absolute Gasteiger partial charge is 0.286 e. The molecule has 1 heterocycles. The summed E-state index contributed by atoms with van der Waals surface area (Å²) in [5.41, 5.74) is -0.0712.